The quantitative estimate of drug-likeness (QED) is 0.421. The minimum absolute atomic E-state index is 0.195. The number of likely N-dealkylation sites (N-methyl/N-ethyl adjacent to an activating group) is 1. The molecule has 0 aliphatic carbocycles. The second kappa shape index (κ2) is 12.3. The predicted molar refractivity (Wildman–Crippen MR) is 133 cm³/mol. The Bertz CT molecular complexity index is 1190. The molecule has 0 aliphatic heterocycles. The van der Waals surface area contributed by atoms with E-state index in [-0.39, 0.29) is 23.9 Å². The maximum atomic E-state index is 12.8. The lowest BCUT2D eigenvalue weighted by molar-refractivity contribution is -0.150. The summed E-state index contributed by atoms with van der Waals surface area (Å²) in [6, 6.07) is 17.6. The van der Waals surface area contributed by atoms with Crippen molar-refractivity contribution >= 4 is 29.4 Å². The summed E-state index contributed by atoms with van der Waals surface area (Å²) < 4.78 is 10.5. The van der Waals surface area contributed by atoms with E-state index in [0.29, 0.717) is 17.0 Å². The number of para-hydroxylation sites is 1. The Morgan fingerprint density at radius 2 is 1.61 bits per heavy atom. The molecule has 3 aromatic rings. The van der Waals surface area contributed by atoms with Crippen LogP contribution in [0.5, 0.6) is 0 Å². The van der Waals surface area contributed by atoms with Crippen LogP contribution in [0.25, 0.3) is 0 Å². The molecule has 0 aliphatic rings. The molecule has 1 heterocycles. The van der Waals surface area contributed by atoms with Crippen molar-refractivity contribution < 1.29 is 28.3 Å². The molecule has 0 bridgehead atoms. The number of benzene rings is 2. The lowest BCUT2D eigenvalue weighted by Crippen LogP contribution is -2.46. The number of carbonyl (C=O) groups excluding carboxylic acids is 4. The van der Waals surface area contributed by atoms with E-state index in [1.807, 2.05) is 0 Å². The zero-order valence-corrected chi connectivity index (χ0v) is 20.4. The van der Waals surface area contributed by atoms with Gasteiger partial charge in [-0.05, 0) is 42.3 Å². The molecule has 9 heteroatoms. The van der Waals surface area contributed by atoms with Gasteiger partial charge < -0.3 is 24.7 Å². The van der Waals surface area contributed by atoms with E-state index in [9.17, 15) is 19.2 Å². The first-order valence-corrected chi connectivity index (χ1v) is 11.5. The topological polar surface area (TPSA) is 118 Å². The molecule has 0 spiro atoms. The van der Waals surface area contributed by atoms with Gasteiger partial charge in [0.2, 0.25) is 0 Å². The number of ether oxygens (including phenoxy) is 1. The van der Waals surface area contributed by atoms with Crippen molar-refractivity contribution in [1.29, 1.82) is 0 Å². The Balaban J connectivity index is 1.61. The Kier molecular flexibility index (Phi) is 8.99. The number of hydrogen-bond acceptors (Lipinski definition) is 6. The van der Waals surface area contributed by atoms with Crippen LogP contribution in [0.4, 0.5) is 5.69 Å². The predicted octanol–water partition coefficient (Wildman–Crippen LogP) is 3.17. The molecule has 188 valence electrons. The lowest BCUT2D eigenvalue weighted by atomic mass is 10.0. The molecule has 0 saturated heterocycles. The minimum atomic E-state index is -0.935. The highest BCUT2D eigenvalue weighted by Crippen LogP contribution is 2.20. The fraction of sp³-hybridized carbons (Fsp3) is 0.259. The summed E-state index contributed by atoms with van der Waals surface area (Å²) in [5.41, 5.74) is 1.04. The van der Waals surface area contributed by atoms with Crippen LogP contribution in [0, 0.1) is 5.92 Å². The Morgan fingerprint density at radius 3 is 2.28 bits per heavy atom. The second-order valence-corrected chi connectivity index (χ2v) is 8.40. The average molecular weight is 492 g/mol. The smallest absolute Gasteiger partial charge is 0.329 e. The molecule has 1 atom stereocenters. The molecular formula is C27H29N3O6. The molecule has 9 nitrogen and oxygen atoms in total. The number of rotatable bonds is 10. The maximum Gasteiger partial charge on any atom is 0.329 e. The minimum Gasteiger partial charge on any atom is -0.467 e. The third-order valence-electron chi connectivity index (χ3n) is 5.47. The van der Waals surface area contributed by atoms with E-state index >= 15 is 0 Å². The molecule has 0 radical (unpaired) electrons. The monoisotopic (exact) mass is 491 g/mol. The van der Waals surface area contributed by atoms with Crippen LogP contribution in [0.1, 0.15) is 40.3 Å². The van der Waals surface area contributed by atoms with Gasteiger partial charge in [-0.3, -0.25) is 14.4 Å². The van der Waals surface area contributed by atoms with Crippen molar-refractivity contribution in [3.63, 3.8) is 0 Å². The molecule has 0 fully saturated rings. The lowest BCUT2D eigenvalue weighted by Gasteiger charge is -2.23. The van der Waals surface area contributed by atoms with E-state index in [4.69, 9.17) is 9.15 Å². The summed E-state index contributed by atoms with van der Waals surface area (Å²) in [6.07, 6.45) is 1.51. The van der Waals surface area contributed by atoms with Crippen LogP contribution in [0.3, 0.4) is 0 Å². The van der Waals surface area contributed by atoms with Crippen LogP contribution < -0.4 is 15.5 Å². The molecule has 1 aromatic heterocycles. The van der Waals surface area contributed by atoms with Crippen molar-refractivity contribution in [2.75, 3.05) is 18.6 Å². The fourth-order valence-corrected chi connectivity index (χ4v) is 3.40. The van der Waals surface area contributed by atoms with Gasteiger partial charge in [-0.15, -0.1) is 0 Å². The van der Waals surface area contributed by atoms with Crippen molar-refractivity contribution in [3.05, 3.63) is 89.9 Å². The van der Waals surface area contributed by atoms with Gasteiger partial charge in [0, 0.05) is 12.6 Å². The third-order valence-corrected chi connectivity index (χ3v) is 5.47. The zero-order chi connectivity index (χ0) is 26.1. The van der Waals surface area contributed by atoms with Gasteiger partial charge >= 0.3 is 5.97 Å². The van der Waals surface area contributed by atoms with Gasteiger partial charge in [-0.1, -0.05) is 44.2 Å². The molecule has 36 heavy (non-hydrogen) atoms. The molecule has 0 unspecified atom stereocenters. The molecular weight excluding hydrogens is 462 g/mol. The van der Waals surface area contributed by atoms with Crippen LogP contribution >= 0.6 is 0 Å². The zero-order valence-electron chi connectivity index (χ0n) is 20.4. The van der Waals surface area contributed by atoms with Crippen molar-refractivity contribution in [1.82, 2.24) is 10.6 Å². The Hall–Kier alpha value is -4.40. The standard InChI is InChI=1S/C27H29N3O6/c1-18(2)24(29-25(32)19-10-5-4-6-11-19)27(34)36-17-23(31)30(3)22-14-8-7-13-21(22)26(33)28-16-20-12-9-15-35-20/h4-15,18,24H,16-17H2,1-3H3,(H,28,33)(H,29,32)/t24-/m1/s1. The average Bonchev–Trinajstić information content (AvgIpc) is 3.42. The number of nitrogens with zero attached hydrogens (tertiary/aromatic N) is 1. The van der Waals surface area contributed by atoms with E-state index in [2.05, 4.69) is 10.6 Å². The molecule has 3 rings (SSSR count). The molecule has 2 aromatic carbocycles. The molecule has 2 N–H and O–H groups in total. The van der Waals surface area contributed by atoms with Gasteiger partial charge in [-0.25, -0.2) is 4.79 Å². The molecule has 0 saturated carbocycles. The van der Waals surface area contributed by atoms with Crippen molar-refractivity contribution in [2.24, 2.45) is 5.92 Å². The highest BCUT2D eigenvalue weighted by atomic mass is 16.5. The summed E-state index contributed by atoms with van der Waals surface area (Å²) >= 11 is 0. The maximum absolute atomic E-state index is 12.8. The van der Waals surface area contributed by atoms with Crippen molar-refractivity contribution in [2.45, 2.75) is 26.4 Å². The van der Waals surface area contributed by atoms with Gasteiger partial charge in [0.25, 0.3) is 17.7 Å². The number of esters is 1. The highest BCUT2D eigenvalue weighted by Gasteiger charge is 2.27. The molecule has 3 amide bonds. The van der Waals surface area contributed by atoms with Gasteiger partial charge in [0.1, 0.15) is 11.8 Å². The first kappa shape index (κ1) is 26.2. The summed E-state index contributed by atoms with van der Waals surface area (Å²) in [6.45, 7) is 3.17. The number of nitrogens with one attached hydrogen (secondary N) is 2. The van der Waals surface area contributed by atoms with Crippen LogP contribution in [-0.4, -0.2) is 43.4 Å². The number of furan rings is 1. The largest absolute Gasteiger partial charge is 0.467 e. The number of hydrogen-bond donors (Lipinski definition) is 2. The van der Waals surface area contributed by atoms with E-state index in [1.54, 1.807) is 80.6 Å². The summed E-state index contributed by atoms with van der Waals surface area (Å²) in [7, 11) is 1.49. The fourth-order valence-electron chi connectivity index (χ4n) is 3.40. The van der Waals surface area contributed by atoms with Crippen LogP contribution in [0.15, 0.2) is 77.4 Å². The van der Waals surface area contributed by atoms with Crippen molar-refractivity contribution in [3.8, 4) is 0 Å². The highest BCUT2D eigenvalue weighted by molar-refractivity contribution is 6.05. The van der Waals surface area contributed by atoms with E-state index < -0.39 is 30.4 Å². The Morgan fingerprint density at radius 1 is 0.917 bits per heavy atom. The third kappa shape index (κ3) is 6.82. The second-order valence-electron chi connectivity index (χ2n) is 8.40. The van der Waals surface area contributed by atoms with Crippen LogP contribution in [0.2, 0.25) is 0 Å². The van der Waals surface area contributed by atoms with Gasteiger partial charge in [-0.2, -0.15) is 0 Å². The van der Waals surface area contributed by atoms with E-state index in [1.165, 1.54) is 18.2 Å². The van der Waals surface area contributed by atoms with Gasteiger partial charge in [0.05, 0.1) is 24.1 Å². The van der Waals surface area contributed by atoms with Crippen LogP contribution in [-0.2, 0) is 20.9 Å². The first-order chi connectivity index (χ1) is 17.3. The Labute approximate surface area is 209 Å². The number of carbonyl (C=O) groups is 4. The summed E-state index contributed by atoms with van der Waals surface area (Å²) in [4.78, 5) is 52.0. The summed E-state index contributed by atoms with van der Waals surface area (Å²) in [5, 5.41) is 5.42. The van der Waals surface area contributed by atoms with Gasteiger partial charge in [0.15, 0.2) is 6.61 Å². The SMILES string of the molecule is CC(C)[C@@H](NC(=O)c1ccccc1)C(=O)OCC(=O)N(C)c1ccccc1C(=O)NCc1ccco1. The number of anilines is 1. The normalized spacial score (nSPS) is 11.4. The number of amides is 3. The summed E-state index contributed by atoms with van der Waals surface area (Å²) in [5.74, 6) is -1.73. The van der Waals surface area contributed by atoms with E-state index in [0.717, 1.165) is 0 Å². The first-order valence-electron chi connectivity index (χ1n) is 11.5.